The van der Waals surface area contributed by atoms with Gasteiger partial charge in [0.1, 0.15) is 18.0 Å². The number of likely N-dealkylation sites (tertiary alicyclic amines) is 1. The molecule has 2 N–H and O–H groups in total. The van der Waals surface area contributed by atoms with Crippen molar-refractivity contribution in [2.24, 2.45) is 27.7 Å². The molecule has 5 atom stereocenters. The van der Waals surface area contributed by atoms with E-state index in [9.17, 15) is 33.6 Å². The maximum Gasteiger partial charge on any atom is 0.260 e. The molecular formula is C58H61N7O11. The lowest BCUT2D eigenvalue weighted by molar-refractivity contribution is -0.143. The SMILES string of the molecule is COc1ccc(C2=CN3C(=O)c4cc(C)c(OCCCOc5cc6c(cc5OC)C(=O)N5C=C(c7ccc(NC(=O)[C@H](C)CC(=O)[C@@H](NC(=O)CN8C(=O)CC(C)C8=O)C(C)C)cc7)C[C@H]5C=N6)cc4N=C[C@@H]3C2)cc1. The first-order valence-corrected chi connectivity index (χ1v) is 25.5. The Morgan fingerprint density at radius 1 is 0.711 bits per heavy atom. The summed E-state index contributed by atoms with van der Waals surface area (Å²) in [5.41, 5.74) is 7.03. The highest BCUT2D eigenvalue weighted by molar-refractivity contribution is 6.08. The van der Waals surface area contributed by atoms with Crippen LogP contribution in [0.2, 0.25) is 0 Å². The van der Waals surface area contributed by atoms with Crippen molar-refractivity contribution >= 4 is 81.9 Å². The molecule has 1 fully saturated rings. The van der Waals surface area contributed by atoms with Crippen molar-refractivity contribution in [1.82, 2.24) is 20.0 Å². The number of imide groups is 1. The number of amides is 6. The quantitative estimate of drug-likeness (QED) is 0.0681. The number of Topliss-reactive ketones (excluding diaryl/α,β-unsaturated/α-hetero) is 1. The second-order valence-electron chi connectivity index (χ2n) is 20.1. The largest absolute Gasteiger partial charge is 0.497 e. The van der Waals surface area contributed by atoms with Crippen LogP contribution in [0.25, 0.3) is 11.1 Å². The number of ether oxygens (including phenoxy) is 4. The third-order valence-electron chi connectivity index (χ3n) is 14.3. The molecule has 76 heavy (non-hydrogen) atoms. The molecule has 0 aromatic heterocycles. The first-order chi connectivity index (χ1) is 36.5. The predicted molar refractivity (Wildman–Crippen MR) is 285 cm³/mol. The van der Waals surface area contributed by atoms with Gasteiger partial charge in [-0.1, -0.05) is 52.0 Å². The number of methoxy groups -OCH3 is 2. The van der Waals surface area contributed by atoms with Crippen LogP contribution < -0.4 is 29.6 Å². The molecule has 0 saturated carbocycles. The molecule has 5 aliphatic rings. The van der Waals surface area contributed by atoms with E-state index in [4.69, 9.17) is 28.9 Å². The highest BCUT2D eigenvalue weighted by Crippen LogP contribution is 2.41. The van der Waals surface area contributed by atoms with E-state index in [0.29, 0.717) is 71.3 Å². The smallest absolute Gasteiger partial charge is 0.260 e. The van der Waals surface area contributed by atoms with E-state index < -0.39 is 42.1 Å². The second kappa shape index (κ2) is 22.2. The molecule has 0 aliphatic carbocycles. The van der Waals surface area contributed by atoms with Gasteiger partial charge in [0.2, 0.25) is 23.6 Å². The molecule has 6 amide bonds. The number of hydrogen-bond acceptors (Lipinski definition) is 13. The van der Waals surface area contributed by atoms with Crippen LogP contribution in [-0.2, 0) is 24.0 Å². The minimum absolute atomic E-state index is 0.0452. The van der Waals surface area contributed by atoms with Gasteiger partial charge in [-0.05, 0) is 77.1 Å². The molecule has 5 aliphatic heterocycles. The summed E-state index contributed by atoms with van der Waals surface area (Å²) in [4.78, 5) is 106. The molecule has 0 bridgehead atoms. The Labute approximate surface area is 440 Å². The fourth-order valence-corrected chi connectivity index (χ4v) is 9.93. The highest BCUT2D eigenvalue weighted by Gasteiger charge is 2.39. The van der Waals surface area contributed by atoms with E-state index in [1.165, 1.54) is 7.11 Å². The summed E-state index contributed by atoms with van der Waals surface area (Å²) in [7, 11) is 3.14. The summed E-state index contributed by atoms with van der Waals surface area (Å²) in [6.07, 6.45) is 8.87. The van der Waals surface area contributed by atoms with Crippen molar-refractivity contribution < 1.29 is 52.5 Å². The van der Waals surface area contributed by atoms with Gasteiger partial charge in [0.25, 0.3) is 11.8 Å². The average Bonchev–Trinajstić information content (AvgIpc) is 4.07. The summed E-state index contributed by atoms with van der Waals surface area (Å²) in [5, 5.41) is 5.53. The number of rotatable bonds is 19. The zero-order chi connectivity index (χ0) is 53.9. The van der Waals surface area contributed by atoms with Crippen LogP contribution in [0, 0.1) is 24.7 Å². The topological polar surface area (TPSA) is 215 Å². The van der Waals surface area contributed by atoms with Crippen LogP contribution in [0.4, 0.5) is 17.1 Å². The van der Waals surface area contributed by atoms with Crippen molar-refractivity contribution in [2.45, 2.75) is 84.8 Å². The molecule has 9 rings (SSSR count). The Morgan fingerprint density at radius 3 is 1.83 bits per heavy atom. The number of anilines is 1. The lowest BCUT2D eigenvalue weighted by Crippen LogP contribution is -2.49. The van der Waals surface area contributed by atoms with Gasteiger partial charge in [-0.25, -0.2) is 0 Å². The van der Waals surface area contributed by atoms with E-state index in [-0.39, 0.29) is 61.0 Å². The Bertz CT molecular complexity index is 3120. The number of carbonyl (C=O) groups excluding carboxylic acids is 7. The van der Waals surface area contributed by atoms with E-state index in [2.05, 4.69) is 10.6 Å². The summed E-state index contributed by atoms with van der Waals surface area (Å²) >= 11 is 0. The molecule has 1 unspecified atom stereocenters. The van der Waals surface area contributed by atoms with Gasteiger partial charge < -0.3 is 39.4 Å². The zero-order valence-corrected chi connectivity index (χ0v) is 43.6. The van der Waals surface area contributed by atoms with Crippen molar-refractivity contribution in [3.05, 3.63) is 113 Å². The Kier molecular flexibility index (Phi) is 15.3. The number of nitrogens with zero attached hydrogens (tertiary/aromatic N) is 5. The third kappa shape index (κ3) is 11.0. The highest BCUT2D eigenvalue weighted by atomic mass is 16.5. The van der Waals surface area contributed by atoms with Crippen LogP contribution in [-0.4, -0.2) is 120 Å². The summed E-state index contributed by atoms with van der Waals surface area (Å²) in [6.45, 7) is 8.85. The van der Waals surface area contributed by atoms with Gasteiger partial charge >= 0.3 is 0 Å². The standard InChI is InChI=1S/C58H61N7O11/c1-32(2)54(62-52(67)31-65-53(68)21-35(5)56(65)70)48(66)20-34(4)55(69)61-40-13-9-36(10-14-40)38-22-42-28-60-47-26-51(50(74-7)24-45(47)58(72)64(42)29-38)76-18-8-17-75-49-25-46-44(19-33(49)3)57(71)63-30-39(23-41(63)27-59-46)37-11-15-43(73-6)16-12-37/h9-16,19,24-30,32,34-35,41-42,54H,8,17-18,20-23,31H2,1-7H3,(H,61,69)(H,62,67)/t34-,35?,41+,42+,54+/m1/s1. The lowest BCUT2D eigenvalue weighted by Gasteiger charge is -2.24. The summed E-state index contributed by atoms with van der Waals surface area (Å²) in [5.74, 6) is -1.86. The molecule has 0 spiro atoms. The van der Waals surface area contributed by atoms with Crippen LogP contribution in [0.15, 0.2) is 95.2 Å². The fourth-order valence-electron chi connectivity index (χ4n) is 9.93. The number of aryl methyl sites for hydroxylation is 1. The molecular weight excluding hydrogens is 971 g/mol. The maximum atomic E-state index is 14.1. The molecule has 0 radical (unpaired) electrons. The van der Waals surface area contributed by atoms with E-state index in [1.807, 2.05) is 74.1 Å². The Morgan fingerprint density at radius 2 is 1.28 bits per heavy atom. The first kappa shape index (κ1) is 52.5. The molecule has 18 heteroatoms. The van der Waals surface area contributed by atoms with E-state index >= 15 is 0 Å². The summed E-state index contributed by atoms with van der Waals surface area (Å²) in [6, 6.07) is 20.5. The number of nitrogens with one attached hydrogen (secondary N) is 2. The summed E-state index contributed by atoms with van der Waals surface area (Å²) < 4.78 is 23.3. The number of hydrogen-bond donors (Lipinski definition) is 2. The number of carbonyl (C=O) groups is 7. The second-order valence-corrected chi connectivity index (χ2v) is 20.1. The minimum Gasteiger partial charge on any atom is -0.497 e. The molecule has 1 saturated heterocycles. The van der Waals surface area contributed by atoms with Gasteiger partial charge in [-0.15, -0.1) is 0 Å². The van der Waals surface area contributed by atoms with Crippen molar-refractivity contribution in [3.8, 4) is 23.0 Å². The van der Waals surface area contributed by atoms with Crippen molar-refractivity contribution in [2.75, 3.05) is 39.3 Å². The Balaban J connectivity index is 0.758. The molecule has 4 aromatic carbocycles. The fraction of sp³-hybridized carbons (Fsp3) is 0.362. The van der Waals surface area contributed by atoms with Gasteiger partial charge in [-0.2, -0.15) is 0 Å². The Hall–Kier alpha value is -8.41. The van der Waals surface area contributed by atoms with Crippen LogP contribution in [0.5, 0.6) is 23.0 Å². The van der Waals surface area contributed by atoms with Crippen LogP contribution in [0.1, 0.15) is 97.2 Å². The van der Waals surface area contributed by atoms with E-state index in [0.717, 1.165) is 38.5 Å². The number of benzene rings is 4. The van der Waals surface area contributed by atoms with Gasteiger partial charge in [0.05, 0.1) is 68.1 Å². The predicted octanol–water partition coefficient (Wildman–Crippen LogP) is 7.87. The third-order valence-corrected chi connectivity index (χ3v) is 14.3. The zero-order valence-electron chi connectivity index (χ0n) is 43.6. The normalized spacial score (nSPS) is 19.2. The minimum atomic E-state index is -0.910. The van der Waals surface area contributed by atoms with Crippen molar-refractivity contribution in [1.29, 1.82) is 0 Å². The number of fused-ring (bicyclic) bond motifs is 4. The first-order valence-electron chi connectivity index (χ1n) is 25.5. The van der Waals surface area contributed by atoms with E-state index in [1.54, 1.807) is 75.1 Å². The monoisotopic (exact) mass is 1030 g/mol. The lowest BCUT2D eigenvalue weighted by atomic mass is 9.92. The van der Waals surface area contributed by atoms with Crippen LogP contribution >= 0.6 is 0 Å². The molecule has 4 aromatic rings. The van der Waals surface area contributed by atoms with Gasteiger partial charge in [-0.3, -0.25) is 48.4 Å². The molecule has 18 nitrogen and oxygen atoms in total. The van der Waals surface area contributed by atoms with Crippen molar-refractivity contribution in [3.63, 3.8) is 0 Å². The average molecular weight is 1030 g/mol. The molecule has 394 valence electrons. The maximum absolute atomic E-state index is 14.1. The number of ketones is 1. The van der Waals surface area contributed by atoms with Crippen LogP contribution in [0.3, 0.4) is 0 Å². The van der Waals surface area contributed by atoms with Gasteiger partial charge in [0, 0.05) is 86.6 Å². The molecule has 5 heterocycles. The van der Waals surface area contributed by atoms with Gasteiger partial charge in [0.15, 0.2) is 17.3 Å². The number of aliphatic imine (C=N–C) groups is 2.